The van der Waals surface area contributed by atoms with Crippen LogP contribution in [0.15, 0.2) is 54.6 Å². The van der Waals surface area contributed by atoms with E-state index in [9.17, 15) is 4.79 Å². The molecule has 1 N–H and O–H groups in total. The molecule has 5 heteroatoms. The van der Waals surface area contributed by atoms with Gasteiger partial charge in [-0.1, -0.05) is 50.2 Å². The molecule has 0 saturated carbocycles. The number of nitrogens with one attached hydrogen (secondary N) is 1. The molecule has 1 saturated heterocycles. The van der Waals surface area contributed by atoms with Crippen molar-refractivity contribution in [3.63, 3.8) is 0 Å². The number of carbonyl (C=O) groups excluding carboxylic acids is 1. The van der Waals surface area contributed by atoms with Gasteiger partial charge in [0.25, 0.3) is 0 Å². The molecule has 0 radical (unpaired) electrons. The highest BCUT2D eigenvalue weighted by molar-refractivity contribution is 5.95. The van der Waals surface area contributed by atoms with Gasteiger partial charge in [0.1, 0.15) is 5.82 Å². The van der Waals surface area contributed by atoms with Crippen LogP contribution >= 0.6 is 0 Å². The van der Waals surface area contributed by atoms with Gasteiger partial charge in [-0.15, -0.1) is 0 Å². The van der Waals surface area contributed by atoms with Crippen molar-refractivity contribution >= 4 is 28.2 Å². The van der Waals surface area contributed by atoms with Gasteiger partial charge in [-0.25, -0.2) is 4.98 Å². The number of carbonyl (C=O) groups is 1. The minimum Gasteiger partial charge on any atom is -0.354 e. The molecule has 1 aromatic heterocycles. The summed E-state index contributed by atoms with van der Waals surface area (Å²) in [5, 5.41) is 5.36. The Bertz CT molecular complexity index is 1010. The highest BCUT2D eigenvalue weighted by Crippen LogP contribution is 2.31. The van der Waals surface area contributed by atoms with Crippen molar-refractivity contribution in [1.29, 1.82) is 0 Å². The van der Waals surface area contributed by atoms with E-state index in [1.807, 2.05) is 31.2 Å². The molecule has 0 aliphatic carbocycles. The smallest absolute Gasteiger partial charge is 0.224 e. The van der Waals surface area contributed by atoms with E-state index in [4.69, 9.17) is 4.98 Å². The Kier molecular flexibility index (Phi) is 6.29. The Hall–Kier alpha value is -2.92. The molecule has 1 fully saturated rings. The Morgan fingerprint density at radius 3 is 2.43 bits per heavy atom. The summed E-state index contributed by atoms with van der Waals surface area (Å²) < 4.78 is 0. The predicted octanol–water partition coefficient (Wildman–Crippen LogP) is 4.78. The van der Waals surface area contributed by atoms with Crippen LogP contribution in [0.4, 0.5) is 11.5 Å². The highest BCUT2D eigenvalue weighted by atomic mass is 16.1. The fraction of sp³-hybridized carbons (Fsp3) is 0.360. The molecule has 0 atom stereocenters. The molecule has 30 heavy (non-hydrogen) atoms. The third-order valence-electron chi connectivity index (χ3n) is 5.78. The Morgan fingerprint density at radius 1 is 1.00 bits per heavy atom. The van der Waals surface area contributed by atoms with E-state index in [0.29, 0.717) is 6.42 Å². The number of fused-ring (bicyclic) bond motifs is 1. The maximum Gasteiger partial charge on any atom is 0.224 e. The number of rotatable bonds is 6. The molecule has 156 valence electrons. The third-order valence-corrected chi connectivity index (χ3v) is 5.78. The predicted molar refractivity (Wildman–Crippen MR) is 125 cm³/mol. The van der Waals surface area contributed by atoms with Crippen LogP contribution < -0.4 is 10.2 Å². The summed E-state index contributed by atoms with van der Waals surface area (Å²) in [6.07, 6.45) is 1.39. The van der Waals surface area contributed by atoms with Gasteiger partial charge < -0.3 is 15.1 Å². The fourth-order valence-electron chi connectivity index (χ4n) is 4.02. The van der Waals surface area contributed by atoms with E-state index in [1.165, 1.54) is 10.8 Å². The zero-order valence-corrected chi connectivity index (χ0v) is 17.9. The summed E-state index contributed by atoms with van der Waals surface area (Å²) in [4.78, 5) is 21.8. The first-order valence-corrected chi connectivity index (χ1v) is 10.9. The van der Waals surface area contributed by atoms with Gasteiger partial charge >= 0.3 is 0 Å². The van der Waals surface area contributed by atoms with Crippen LogP contribution in [-0.2, 0) is 4.79 Å². The van der Waals surface area contributed by atoms with Crippen molar-refractivity contribution in [3.8, 4) is 11.3 Å². The van der Waals surface area contributed by atoms with Gasteiger partial charge in [0, 0.05) is 49.2 Å². The molecule has 0 unspecified atom stereocenters. The quantitative estimate of drug-likeness (QED) is 0.644. The van der Waals surface area contributed by atoms with Gasteiger partial charge in [0.2, 0.25) is 5.91 Å². The van der Waals surface area contributed by atoms with Gasteiger partial charge in [0.15, 0.2) is 0 Å². The van der Waals surface area contributed by atoms with Crippen LogP contribution in [0.2, 0.25) is 0 Å². The minimum atomic E-state index is 0.0580. The molecule has 1 aliphatic heterocycles. The van der Waals surface area contributed by atoms with Crippen molar-refractivity contribution in [2.45, 2.75) is 26.7 Å². The largest absolute Gasteiger partial charge is 0.354 e. The number of likely N-dealkylation sites (N-methyl/N-ethyl adjacent to an activating group) is 1. The fourth-order valence-corrected chi connectivity index (χ4v) is 4.02. The molecule has 1 amide bonds. The number of anilines is 2. The average Bonchev–Trinajstić information content (AvgIpc) is 2.79. The number of aromatic nitrogens is 1. The number of nitrogens with zero attached hydrogens (tertiary/aromatic N) is 3. The summed E-state index contributed by atoms with van der Waals surface area (Å²) in [7, 11) is 0. The van der Waals surface area contributed by atoms with Gasteiger partial charge in [0.05, 0.1) is 5.69 Å². The number of hydrogen-bond donors (Lipinski definition) is 1. The monoisotopic (exact) mass is 402 g/mol. The first-order valence-electron chi connectivity index (χ1n) is 10.9. The maximum atomic E-state index is 11.8. The number of piperazine rings is 1. The highest BCUT2D eigenvalue weighted by Gasteiger charge is 2.19. The number of hydrogen-bond acceptors (Lipinski definition) is 4. The summed E-state index contributed by atoms with van der Waals surface area (Å²) in [5.74, 6) is 1.13. The number of pyridine rings is 1. The van der Waals surface area contributed by atoms with E-state index in [0.717, 1.165) is 61.9 Å². The SMILES string of the molecule is CCCC(=O)Nc1ccc(-c2cc3ccccc3c(N3CCN(CC)CC3)n2)cc1. The molecular weight excluding hydrogens is 372 g/mol. The first-order chi connectivity index (χ1) is 14.7. The van der Waals surface area contributed by atoms with Gasteiger partial charge in [-0.05, 0) is 36.6 Å². The Labute approximate surface area is 178 Å². The zero-order valence-electron chi connectivity index (χ0n) is 17.9. The normalized spacial score (nSPS) is 14.8. The minimum absolute atomic E-state index is 0.0580. The zero-order chi connectivity index (χ0) is 20.9. The average molecular weight is 403 g/mol. The lowest BCUT2D eigenvalue weighted by molar-refractivity contribution is -0.116. The topological polar surface area (TPSA) is 48.5 Å². The summed E-state index contributed by atoms with van der Waals surface area (Å²) in [6, 6.07) is 18.6. The van der Waals surface area contributed by atoms with E-state index < -0.39 is 0 Å². The van der Waals surface area contributed by atoms with Crippen molar-refractivity contribution in [2.24, 2.45) is 0 Å². The maximum absolute atomic E-state index is 11.8. The van der Waals surface area contributed by atoms with Crippen molar-refractivity contribution < 1.29 is 4.79 Å². The number of benzene rings is 2. The van der Waals surface area contributed by atoms with E-state index in [-0.39, 0.29) is 5.91 Å². The second-order valence-corrected chi connectivity index (χ2v) is 7.85. The summed E-state index contributed by atoms with van der Waals surface area (Å²) in [6.45, 7) is 9.47. The lowest BCUT2D eigenvalue weighted by atomic mass is 10.1. The molecule has 3 aromatic rings. The second kappa shape index (κ2) is 9.26. The summed E-state index contributed by atoms with van der Waals surface area (Å²) >= 11 is 0. The Balaban J connectivity index is 1.64. The molecule has 0 bridgehead atoms. The summed E-state index contributed by atoms with van der Waals surface area (Å²) in [5.41, 5.74) is 2.85. The van der Waals surface area contributed by atoms with Crippen LogP contribution in [0.5, 0.6) is 0 Å². The van der Waals surface area contributed by atoms with Crippen LogP contribution in [-0.4, -0.2) is 48.5 Å². The van der Waals surface area contributed by atoms with Crippen LogP contribution in [0.3, 0.4) is 0 Å². The van der Waals surface area contributed by atoms with Crippen LogP contribution in [0.25, 0.3) is 22.0 Å². The molecule has 2 heterocycles. The molecule has 5 nitrogen and oxygen atoms in total. The van der Waals surface area contributed by atoms with E-state index in [1.54, 1.807) is 0 Å². The van der Waals surface area contributed by atoms with Gasteiger partial charge in [-0.2, -0.15) is 0 Å². The lowest BCUT2D eigenvalue weighted by Gasteiger charge is -2.35. The Morgan fingerprint density at radius 2 is 1.73 bits per heavy atom. The number of amides is 1. The van der Waals surface area contributed by atoms with E-state index >= 15 is 0 Å². The lowest BCUT2D eigenvalue weighted by Crippen LogP contribution is -2.46. The first kappa shape index (κ1) is 20.4. The second-order valence-electron chi connectivity index (χ2n) is 7.85. The van der Waals surface area contributed by atoms with Crippen LogP contribution in [0.1, 0.15) is 26.7 Å². The van der Waals surface area contributed by atoms with Crippen molar-refractivity contribution in [3.05, 3.63) is 54.6 Å². The van der Waals surface area contributed by atoms with Gasteiger partial charge in [-0.3, -0.25) is 4.79 Å². The molecular formula is C25H30N4O. The third kappa shape index (κ3) is 4.46. The standard InChI is InChI=1S/C25H30N4O/c1-3-7-24(30)26-21-12-10-19(11-13-21)23-18-20-8-5-6-9-22(20)25(27-23)29-16-14-28(4-2)15-17-29/h5-6,8-13,18H,3-4,7,14-17H2,1-2H3,(H,26,30). The van der Waals surface area contributed by atoms with E-state index in [2.05, 4.69) is 52.4 Å². The molecule has 0 spiro atoms. The van der Waals surface area contributed by atoms with Crippen molar-refractivity contribution in [1.82, 2.24) is 9.88 Å². The molecule has 2 aromatic carbocycles. The van der Waals surface area contributed by atoms with Crippen molar-refractivity contribution in [2.75, 3.05) is 42.9 Å². The van der Waals surface area contributed by atoms with Crippen LogP contribution in [0, 0.1) is 0 Å². The molecule has 4 rings (SSSR count). The molecule has 1 aliphatic rings.